The SMILES string of the molecule is O=C(CCC(=O)N/N=C/c1ccc[nH]1)N/N=C/c1ccc[nH]1. The van der Waals surface area contributed by atoms with Crippen LogP contribution >= 0.6 is 0 Å². The number of nitrogens with one attached hydrogen (secondary N) is 4. The van der Waals surface area contributed by atoms with Crippen LogP contribution in [0.1, 0.15) is 24.2 Å². The van der Waals surface area contributed by atoms with Gasteiger partial charge in [0.2, 0.25) is 11.8 Å². The molecular formula is C14H16N6O2. The van der Waals surface area contributed by atoms with Gasteiger partial charge in [-0.1, -0.05) is 0 Å². The first-order valence-electron chi connectivity index (χ1n) is 6.64. The van der Waals surface area contributed by atoms with Crippen LogP contribution in [0.15, 0.2) is 46.9 Å². The summed E-state index contributed by atoms with van der Waals surface area (Å²) in [6.07, 6.45) is 6.54. The second-order valence-electron chi connectivity index (χ2n) is 4.34. The molecule has 0 fully saturated rings. The van der Waals surface area contributed by atoms with Crippen molar-refractivity contribution in [2.75, 3.05) is 0 Å². The van der Waals surface area contributed by atoms with E-state index in [1.54, 1.807) is 12.4 Å². The molecule has 0 aliphatic carbocycles. The molecule has 2 heterocycles. The number of nitrogens with zero attached hydrogens (tertiary/aromatic N) is 2. The lowest BCUT2D eigenvalue weighted by molar-refractivity contribution is -0.126. The molecule has 8 heteroatoms. The third-order valence-electron chi connectivity index (χ3n) is 2.61. The van der Waals surface area contributed by atoms with Crippen molar-refractivity contribution >= 4 is 24.2 Å². The van der Waals surface area contributed by atoms with Gasteiger partial charge in [0.25, 0.3) is 0 Å². The third kappa shape index (κ3) is 5.45. The molecule has 0 radical (unpaired) electrons. The van der Waals surface area contributed by atoms with Crippen molar-refractivity contribution in [2.45, 2.75) is 12.8 Å². The van der Waals surface area contributed by atoms with Gasteiger partial charge in [-0.05, 0) is 24.3 Å². The predicted octanol–water partition coefficient (Wildman–Crippen LogP) is 0.723. The van der Waals surface area contributed by atoms with Gasteiger partial charge in [0.05, 0.1) is 23.8 Å². The molecule has 0 aromatic carbocycles. The summed E-state index contributed by atoms with van der Waals surface area (Å²) in [5.74, 6) is -0.683. The summed E-state index contributed by atoms with van der Waals surface area (Å²) in [6.45, 7) is 0. The molecular weight excluding hydrogens is 284 g/mol. The zero-order valence-corrected chi connectivity index (χ0v) is 11.7. The van der Waals surface area contributed by atoms with E-state index in [1.807, 2.05) is 24.3 Å². The first kappa shape index (κ1) is 15.2. The van der Waals surface area contributed by atoms with Gasteiger partial charge in [-0.25, -0.2) is 10.9 Å². The zero-order valence-electron chi connectivity index (χ0n) is 11.7. The van der Waals surface area contributed by atoms with E-state index in [1.165, 1.54) is 12.4 Å². The van der Waals surface area contributed by atoms with E-state index in [9.17, 15) is 9.59 Å². The number of hydrazone groups is 2. The summed E-state index contributed by atoms with van der Waals surface area (Å²) in [6, 6.07) is 7.26. The molecule has 0 bridgehead atoms. The first-order valence-corrected chi connectivity index (χ1v) is 6.64. The maximum Gasteiger partial charge on any atom is 0.240 e. The Kier molecular flexibility index (Phi) is 5.68. The molecule has 2 aromatic heterocycles. The Morgan fingerprint density at radius 3 is 1.73 bits per heavy atom. The fraction of sp³-hybridized carbons (Fsp3) is 0.143. The van der Waals surface area contributed by atoms with Crippen LogP contribution in [0.25, 0.3) is 0 Å². The van der Waals surface area contributed by atoms with Crippen molar-refractivity contribution in [3.8, 4) is 0 Å². The number of carbonyl (C=O) groups excluding carboxylic acids is 2. The highest BCUT2D eigenvalue weighted by molar-refractivity contribution is 5.85. The molecule has 0 aliphatic rings. The van der Waals surface area contributed by atoms with E-state index >= 15 is 0 Å². The highest BCUT2D eigenvalue weighted by Gasteiger charge is 2.05. The average Bonchev–Trinajstić information content (AvgIpc) is 3.18. The van der Waals surface area contributed by atoms with Crippen molar-refractivity contribution in [1.29, 1.82) is 0 Å². The van der Waals surface area contributed by atoms with E-state index in [2.05, 4.69) is 31.0 Å². The monoisotopic (exact) mass is 300 g/mol. The van der Waals surface area contributed by atoms with Crippen LogP contribution in [-0.2, 0) is 9.59 Å². The van der Waals surface area contributed by atoms with Crippen LogP contribution in [0.3, 0.4) is 0 Å². The Morgan fingerprint density at radius 2 is 1.36 bits per heavy atom. The molecule has 4 N–H and O–H groups in total. The minimum atomic E-state index is -0.341. The second kappa shape index (κ2) is 8.20. The molecule has 2 rings (SSSR count). The van der Waals surface area contributed by atoms with E-state index in [-0.39, 0.29) is 24.7 Å². The lowest BCUT2D eigenvalue weighted by Crippen LogP contribution is -2.22. The predicted molar refractivity (Wildman–Crippen MR) is 82.3 cm³/mol. The van der Waals surface area contributed by atoms with Gasteiger partial charge in [-0.15, -0.1) is 0 Å². The van der Waals surface area contributed by atoms with Crippen molar-refractivity contribution in [1.82, 2.24) is 20.8 Å². The van der Waals surface area contributed by atoms with Crippen LogP contribution in [0.2, 0.25) is 0 Å². The van der Waals surface area contributed by atoms with Crippen molar-refractivity contribution in [2.24, 2.45) is 10.2 Å². The quantitative estimate of drug-likeness (QED) is 0.446. The summed E-state index contributed by atoms with van der Waals surface area (Å²) >= 11 is 0. The van der Waals surface area contributed by atoms with Gasteiger partial charge in [0.15, 0.2) is 0 Å². The average molecular weight is 300 g/mol. The van der Waals surface area contributed by atoms with E-state index in [0.717, 1.165) is 11.4 Å². The van der Waals surface area contributed by atoms with Crippen LogP contribution < -0.4 is 10.9 Å². The molecule has 22 heavy (non-hydrogen) atoms. The molecule has 0 spiro atoms. The van der Waals surface area contributed by atoms with Gasteiger partial charge in [0, 0.05) is 25.2 Å². The summed E-state index contributed by atoms with van der Waals surface area (Å²) in [5.41, 5.74) is 6.23. The lowest BCUT2D eigenvalue weighted by Gasteiger charge is -1.99. The molecule has 0 atom stereocenters. The van der Waals surface area contributed by atoms with Crippen LogP contribution in [0.4, 0.5) is 0 Å². The molecule has 2 amide bonds. The minimum Gasteiger partial charge on any atom is -0.360 e. The summed E-state index contributed by atoms with van der Waals surface area (Å²) in [4.78, 5) is 28.8. The Balaban J connectivity index is 1.62. The zero-order chi connectivity index (χ0) is 15.6. The second-order valence-corrected chi connectivity index (χ2v) is 4.34. The Hall–Kier alpha value is -3.16. The summed E-state index contributed by atoms with van der Waals surface area (Å²) in [5, 5.41) is 7.53. The number of hydrogen-bond acceptors (Lipinski definition) is 4. The van der Waals surface area contributed by atoms with E-state index in [0.29, 0.717) is 0 Å². The topological polar surface area (TPSA) is 114 Å². The smallest absolute Gasteiger partial charge is 0.240 e. The maximum atomic E-state index is 11.5. The summed E-state index contributed by atoms with van der Waals surface area (Å²) < 4.78 is 0. The molecule has 0 saturated heterocycles. The number of aromatic amines is 2. The van der Waals surface area contributed by atoms with Crippen LogP contribution in [0.5, 0.6) is 0 Å². The van der Waals surface area contributed by atoms with Crippen LogP contribution in [0, 0.1) is 0 Å². The van der Waals surface area contributed by atoms with Crippen molar-refractivity contribution in [3.63, 3.8) is 0 Å². The fourth-order valence-electron chi connectivity index (χ4n) is 1.54. The van der Waals surface area contributed by atoms with Gasteiger partial charge >= 0.3 is 0 Å². The Bertz CT molecular complexity index is 585. The number of rotatable bonds is 7. The van der Waals surface area contributed by atoms with Gasteiger partial charge < -0.3 is 9.97 Å². The normalized spacial score (nSPS) is 11.1. The number of H-pyrrole nitrogens is 2. The molecule has 114 valence electrons. The molecule has 2 aromatic rings. The molecule has 0 saturated carbocycles. The maximum absolute atomic E-state index is 11.5. The van der Waals surface area contributed by atoms with Crippen molar-refractivity contribution in [3.05, 3.63) is 48.0 Å². The number of carbonyl (C=O) groups is 2. The fourth-order valence-corrected chi connectivity index (χ4v) is 1.54. The highest BCUT2D eigenvalue weighted by atomic mass is 16.2. The van der Waals surface area contributed by atoms with Gasteiger partial charge in [0.1, 0.15) is 0 Å². The molecule has 8 nitrogen and oxygen atoms in total. The Labute approximate surface area is 126 Å². The van der Waals surface area contributed by atoms with Gasteiger partial charge in [-0.3, -0.25) is 9.59 Å². The Morgan fingerprint density at radius 1 is 0.909 bits per heavy atom. The minimum absolute atomic E-state index is 0.0337. The van der Waals surface area contributed by atoms with E-state index in [4.69, 9.17) is 0 Å². The number of amides is 2. The van der Waals surface area contributed by atoms with Crippen LogP contribution in [-0.4, -0.2) is 34.2 Å². The van der Waals surface area contributed by atoms with Crippen molar-refractivity contribution < 1.29 is 9.59 Å². The summed E-state index contributed by atoms with van der Waals surface area (Å²) in [7, 11) is 0. The number of hydrogen-bond donors (Lipinski definition) is 4. The number of aromatic nitrogens is 2. The van der Waals surface area contributed by atoms with Gasteiger partial charge in [-0.2, -0.15) is 10.2 Å². The standard InChI is InChI=1S/C14H16N6O2/c21-13(19-17-9-11-3-1-7-15-11)5-6-14(22)20-18-10-12-4-2-8-16-12/h1-4,7-10,15-16H,5-6H2,(H,19,21)(H,20,22)/b17-9+,18-10+. The highest BCUT2D eigenvalue weighted by Crippen LogP contribution is 1.92. The lowest BCUT2D eigenvalue weighted by atomic mass is 10.3. The largest absolute Gasteiger partial charge is 0.360 e. The third-order valence-corrected chi connectivity index (χ3v) is 2.61. The van der Waals surface area contributed by atoms with E-state index < -0.39 is 0 Å². The first-order chi connectivity index (χ1) is 10.7. The molecule has 0 unspecified atom stereocenters. The molecule has 0 aliphatic heterocycles.